The van der Waals surface area contributed by atoms with E-state index in [-0.39, 0.29) is 5.82 Å². The van der Waals surface area contributed by atoms with Gasteiger partial charge in [-0.05, 0) is 60.9 Å². The Bertz CT molecular complexity index is 1030. The molecule has 1 saturated carbocycles. The van der Waals surface area contributed by atoms with E-state index in [0.717, 1.165) is 39.7 Å². The van der Waals surface area contributed by atoms with Crippen LogP contribution in [0.15, 0.2) is 59.1 Å². The molecule has 0 saturated heterocycles. The summed E-state index contributed by atoms with van der Waals surface area (Å²) in [5, 5.41) is 13.5. The Morgan fingerprint density at radius 3 is 2.28 bits per heavy atom. The number of nitrogens with one attached hydrogen (secondary N) is 1. The predicted molar refractivity (Wildman–Crippen MR) is 118 cm³/mol. The zero-order valence-electron chi connectivity index (χ0n) is 16.0. The smallest absolute Gasteiger partial charge is 0.145 e. The molecule has 3 nitrogen and oxygen atoms in total. The number of aromatic nitrogens is 1. The van der Waals surface area contributed by atoms with Crippen LogP contribution in [0.1, 0.15) is 37.7 Å². The third-order valence-corrected chi connectivity index (χ3v) is 5.90. The molecule has 29 heavy (non-hydrogen) atoms. The van der Waals surface area contributed by atoms with Crippen LogP contribution in [0.25, 0.3) is 22.4 Å². The van der Waals surface area contributed by atoms with Crippen molar-refractivity contribution >= 4 is 21.7 Å². The van der Waals surface area contributed by atoms with Crippen LogP contribution in [0.3, 0.4) is 0 Å². The fourth-order valence-corrected chi connectivity index (χ4v) is 4.09. The minimum atomic E-state index is -0.281. The summed E-state index contributed by atoms with van der Waals surface area (Å²) >= 11 is 3.47. The van der Waals surface area contributed by atoms with E-state index in [1.807, 2.05) is 30.3 Å². The van der Waals surface area contributed by atoms with Crippen molar-refractivity contribution in [2.75, 3.05) is 5.32 Å². The van der Waals surface area contributed by atoms with Crippen LogP contribution in [0.4, 0.5) is 10.2 Å². The zero-order valence-corrected chi connectivity index (χ0v) is 17.5. The van der Waals surface area contributed by atoms with Crippen LogP contribution in [0.2, 0.25) is 0 Å². The van der Waals surface area contributed by atoms with Gasteiger partial charge in [0.2, 0.25) is 0 Å². The molecule has 5 heteroatoms. The highest BCUT2D eigenvalue weighted by Crippen LogP contribution is 2.34. The van der Waals surface area contributed by atoms with Crippen molar-refractivity contribution in [2.24, 2.45) is 0 Å². The number of anilines is 1. The molecule has 4 rings (SSSR count). The van der Waals surface area contributed by atoms with E-state index in [0.29, 0.717) is 17.4 Å². The first-order chi connectivity index (χ1) is 14.1. The molecule has 1 aliphatic carbocycles. The Labute approximate surface area is 178 Å². The summed E-state index contributed by atoms with van der Waals surface area (Å²) in [6.07, 6.45) is 5.81. The maximum absolute atomic E-state index is 13.4. The molecule has 1 fully saturated rings. The van der Waals surface area contributed by atoms with E-state index in [2.05, 4.69) is 27.3 Å². The molecule has 0 unspecified atom stereocenters. The SMILES string of the molecule is N#Cc1c(-c2ccc(Br)cc2)cc(-c2ccc(F)cc2)nc1NC1CCCCC1. The fourth-order valence-electron chi connectivity index (χ4n) is 3.83. The van der Waals surface area contributed by atoms with Crippen LogP contribution in [-0.4, -0.2) is 11.0 Å². The summed E-state index contributed by atoms with van der Waals surface area (Å²) < 4.78 is 14.4. The van der Waals surface area contributed by atoms with Gasteiger partial charge in [-0.25, -0.2) is 9.37 Å². The van der Waals surface area contributed by atoms with Crippen LogP contribution in [-0.2, 0) is 0 Å². The largest absolute Gasteiger partial charge is 0.366 e. The van der Waals surface area contributed by atoms with Crippen molar-refractivity contribution in [1.29, 1.82) is 5.26 Å². The van der Waals surface area contributed by atoms with Crippen molar-refractivity contribution < 1.29 is 4.39 Å². The van der Waals surface area contributed by atoms with Gasteiger partial charge in [-0.15, -0.1) is 0 Å². The van der Waals surface area contributed by atoms with Gasteiger partial charge in [0.25, 0.3) is 0 Å². The molecule has 0 atom stereocenters. The Kier molecular flexibility index (Phi) is 5.92. The van der Waals surface area contributed by atoms with Crippen molar-refractivity contribution in [3.05, 3.63) is 70.5 Å². The number of rotatable bonds is 4. The number of benzene rings is 2. The molecule has 3 aromatic rings. The lowest BCUT2D eigenvalue weighted by molar-refractivity contribution is 0.462. The molecule has 0 amide bonds. The number of nitriles is 1. The van der Waals surface area contributed by atoms with Crippen molar-refractivity contribution in [1.82, 2.24) is 4.98 Å². The topological polar surface area (TPSA) is 48.7 Å². The molecule has 1 aliphatic rings. The first kappa shape index (κ1) is 19.6. The highest BCUT2D eigenvalue weighted by atomic mass is 79.9. The van der Waals surface area contributed by atoms with Crippen LogP contribution in [0, 0.1) is 17.1 Å². The standard InChI is InChI=1S/C24H21BrFN3/c25-18-10-6-16(7-11-18)21-14-23(17-8-12-19(26)13-9-17)29-24(22(21)15-27)28-20-4-2-1-3-5-20/h6-14,20H,1-5H2,(H,28,29). The number of nitrogens with zero attached hydrogens (tertiary/aromatic N) is 2. The quantitative estimate of drug-likeness (QED) is 0.469. The summed E-state index contributed by atoms with van der Waals surface area (Å²) in [5.41, 5.74) is 3.86. The van der Waals surface area contributed by atoms with Gasteiger partial charge in [-0.3, -0.25) is 0 Å². The molecule has 146 valence electrons. The van der Waals surface area contributed by atoms with E-state index in [4.69, 9.17) is 4.98 Å². The normalized spacial score (nSPS) is 14.4. The average molecular weight is 450 g/mol. The van der Waals surface area contributed by atoms with E-state index in [1.165, 1.54) is 31.4 Å². The molecule has 1 aromatic heterocycles. The van der Waals surface area contributed by atoms with Gasteiger partial charge < -0.3 is 5.32 Å². The number of pyridine rings is 1. The fraction of sp³-hybridized carbons (Fsp3) is 0.250. The first-order valence-corrected chi connectivity index (χ1v) is 10.7. The van der Waals surface area contributed by atoms with Crippen LogP contribution < -0.4 is 5.32 Å². The molecular formula is C24H21BrFN3. The molecule has 2 aromatic carbocycles. The van der Waals surface area contributed by atoms with Gasteiger partial charge in [0.15, 0.2) is 0 Å². The number of hydrogen-bond acceptors (Lipinski definition) is 3. The van der Waals surface area contributed by atoms with Gasteiger partial charge in [0.05, 0.1) is 5.69 Å². The lowest BCUT2D eigenvalue weighted by Crippen LogP contribution is -2.23. The first-order valence-electron chi connectivity index (χ1n) is 9.87. The number of halogens is 2. The van der Waals surface area contributed by atoms with E-state index in [1.54, 1.807) is 12.1 Å². The molecule has 0 aliphatic heterocycles. The minimum absolute atomic E-state index is 0.281. The van der Waals surface area contributed by atoms with Crippen molar-refractivity contribution in [2.45, 2.75) is 38.1 Å². The van der Waals surface area contributed by atoms with Gasteiger partial charge in [-0.2, -0.15) is 5.26 Å². The lowest BCUT2D eigenvalue weighted by atomic mass is 9.94. The van der Waals surface area contributed by atoms with Crippen molar-refractivity contribution in [3.8, 4) is 28.5 Å². The predicted octanol–water partition coefficient (Wildman–Crippen LogP) is 6.93. The van der Waals surface area contributed by atoms with Gasteiger partial charge in [-0.1, -0.05) is 47.3 Å². The second-order valence-corrected chi connectivity index (χ2v) is 8.30. The molecule has 1 heterocycles. The monoisotopic (exact) mass is 449 g/mol. The van der Waals surface area contributed by atoms with Gasteiger partial charge in [0, 0.05) is 21.6 Å². The van der Waals surface area contributed by atoms with Gasteiger partial charge >= 0.3 is 0 Å². The second kappa shape index (κ2) is 8.75. The van der Waals surface area contributed by atoms with Crippen molar-refractivity contribution in [3.63, 3.8) is 0 Å². The van der Waals surface area contributed by atoms with Crippen LogP contribution >= 0.6 is 15.9 Å². The summed E-state index contributed by atoms with van der Waals surface area (Å²) in [4.78, 5) is 4.78. The summed E-state index contributed by atoms with van der Waals surface area (Å²) in [6, 6.07) is 18.8. The second-order valence-electron chi connectivity index (χ2n) is 7.38. The third kappa shape index (κ3) is 4.49. The summed E-state index contributed by atoms with van der Waals surface area (Å²) in [5.74, 6) is 0.329. The maximum atomic E-state index is 13.4. The summed E-state index contributed by atoms with van der Waals surface area (Å²) in [7, 11) is 0. The third-order valence-electron chi connectivity index (χ3n) is 5.37. The number of hydrogen-bond donors (Lipinski definition) is 1. The molecule has 1 N–H and O–H groups in total. The Morgan fingerprint density at radius 1 is 0.966 bits per heavy atom. The Hall–Kier alpha value is -2.71. The minimum Gasteiger partial charge on any atom is -0.366 e. The Morgan fingerprint density at radius 2 is 1.62 bits per heavy atom. The van der Waals surface area contributed by atoms with Crippen LogP contribution in [0.5, 0.6) is 0 Å². The average Bonchev–Trinajstić information content (AvgIpc) is 2.75. The molecule has 0 bridgehead atoms. The van der Waals surface area contributed by atoms with E-state index >= 15 is 0 Å². The summed E-state index contributed by atoms with van der Waals surface area (Å²) in [6.45, 7) is 0. The molecule has 0 spiro atoms. The zero-order chi connectivity index (χ0) is 20.2. The highest BCUT2D eigenvalue weighted by molar-refractivity contribution is 9.10. The van der Waals surface area contributed by atoms with Gasteiger partial charge in [0.1, 0.15) is 23.3 Å². The van der Waals surface area contributed by atoms with E-state index < -0.39 is 0 Å². The molecular weight excluding hydrogens is 429 g/mol. The Balaban J connectivity index is 1.84. The highest BCUT2D eigenvalue weighted by Gasteiger charge is 2.19. The molecule has 0 radical (unpaired) electrons. The maximum Gasteiger partial charge on any atom is 0.145 e. The van der Waals surface area contributed by atoms with E-state index in [9.17, 15) is 9.65 Å². The lowest BCUT2D eigenvalue weighted by Gasteiger charge is -2.24.